The number of benzene rings is 2. The predicted molar refractivity (Wildman–Crippen MR) is 102 cm³/mol. The molecule has 0 aliphatic carbocycles. The van der Waals surface area contributed by atoms with Gasteiger partial charge in [-0.1, -0.05) is 67.2 Å². The van der Waals surface area contributed by atoms with Gasteiger partial charge in [0.05, 0.1) is 32.3 Å². The molecule has 0 spiro atoms. The Morgan fingerprint density at radius 3 is 1.32 bits per heavy atom. The van der Waals surface area contributed by atoms with E-state index < -0.39 is 50.4 Å². The summed E-state index contributed by atoms with van der Waals surface area (Å²) in [4.78, 5) is 13.0. The third-order valence-corrected chi connectivity index (χ3v) is 5.63. The highest BCUT2D eigenvalue weighted by Crippen LogP contribution is 2.43. The molecule has 0 aliphatic heterocycles. The second kappa shape index (κ2) is 8.53. The number of rotatable bonds is 4. The molecule has 152 valence electrons. The molecule has 0 aliphatic rings. The van der Waals surface area contributed by atoms with Gasteiger partial charge in [0.1, 0.15) is 0 Å². The van der Waals surface area contributed by atoms with Gasteiger partial charge >= 0.3 is 12.4 Å². The Morgan fingerprint density at radius 1 is 0.750 bits per heavy atom. The fourth-order valence-electron chi connectivity index (χ4n) is 2.68. The van der Waals surface area contributed by atoms with E-state index in [1.165, 1.54) is 0 Å². The van der Waals surface area contributed by atoms with Gasteiger partial charge in [-0.25, -0.2) is 0 Å². The number of ketones is 1. The maximum atomic E-state index is 13.6. The minimum Gasteiger partial charge on any atom is -0.288 e. The van der Waals surface area contributed by atoms with Crippen molar-refractivity contribution in [3.8, 4) is 0 Å². The molecule has 0 heterocycles. The Balaban J connectivity index is 2.94. The molecule has 0 N–H and O–H groups in total. The first-order chi connectivity index (χ1) is 12.8. The summed E-state index contributed by atoms with van der Waals surface area (Å²) in [5.74, 6) is -1.56. The van der Waals surface area contributed by atoms with E-state index in [0.717, 1.165) is 24.3 Å². The fourth-order valence-corrected chi connectivity index (χ4v) is 4.10. The first-order valence-corrected chi connectivity index (χ1v) is 10.3. The molecule has 0 bridgehead atoms. The lowest BCUT2D eigenvalue weighted by Crippen LogP contribution is -2.21. The van der Waals surface area contributed by atoms with E-state index >= 15 is 0 Å². The van der Waals surface area contributed by atoms with Gasteiger partial charge in [-0.05, 0) is 23.3 Å². The number of halogens is 10. The van der Waals surface area contributed by atoms with Crippen molar-refractivity contribution in [2.45, 2.75) is 23.0 Å². The summed E-state index contributed by atoms with van der Waals surface area (Å²) >= 11 is 17.4. The second-order valence-electron chi connectivity index (χ2n) is 5.50. The van der Waals surface area contributed by atoms with Crippen LogP contribution >= 0.6 is 55.1 Å². The van der Waals surface area contributed by atoms with Crippen molar-refractivity contribution in [3.63, 3.8) is 0 Å². The summed E-state index contributed by atoms with van der Waals surface area (Å²) in [6.07, 6.45) is -10.1. The minimum atomic E-state index is -5.03. The van der Waals surface area contributed by atoms with Crippen LogP contribution in [0.5, 0.6) is 0 Å². The van der Waals surface area contributed by atoms with Gasteiger partial charge in [-0.3, -0.25) is 4.79 Å². The Morgan fingerprint density at radius 2 is 1.07 bits per heavy atom. The minimum absolute atomic E-state index is 0.291. The zero-order valence-corrected chi connectivity index (χ0v) is 18.1. The molecule has 0 amide bonds. The third kappa shape index (κ3) is 4.52. The molecule has 0 saturated heterocycles. The molecule has 1 nitrogen and oxygen atoms in total. The normalized spacial score (nSPS) is 12.4. The SMILES string of the molecule is O=C(c1c(Cl)ccc(CBr)c1C(F)(F)F)c1c(Cl)ccc(CBr)c1C(F)(F)F. The van der Waals surface area contributed by atoms with Crippen molar-refractivity contribution in [1.29, 1.82) is 0 Å². The van der Waals surface area contributed by atoms with Crippen molar-refractivity contribution >= 4 is 60.8 Å². The highest BCUT2D eigenvalue weighted by Gasteiger charge is 2.43. The molecule has 0 atom stereocenters. The molecule has 28 heavy (non-hydrogen) atoms. The van der Waals surface area contributed by atoms with Gasteiger partial charge in [0.25, 0.3) is 0 Å². The lowest BCUT2D eigenvalue weighted by Gasteiger charge is -2.21. The smallest absolute Gasteiger partial charge is 0.288 e. The molecule has 0 fully saturated rings. The largest absolute Gasteiger partial charge is 0.417 e. The first kappa shape index (κ1) is 23.5. The van der Waals surface area contributed by atoms with Crippen molar-refractivity contribution in [3.05, 3.63) is 67.7 Å². The van der Waals surface area contributed by atoms with Gasteiger partial charge in [0, 0.05) is 10.7 Å². The fraction of sp³-hybridized carbons (Fsp3) is 0.235. The zero-order chi connectivity index (χ0) is 21.4. The summed E-state index contributed by atoms with van der Waals surface area (Å²) in [5, 5.41) is -1.84. The van der Waals surface area contributed by atoms with Crippen LogP contribution in [-0.2, 0) is 23.0 Å². The standard InChI is InChI=1S/C17H8Br2Cl2F6O/c18-5-7-1-3-9(20)11(13(7)16(22,23)24)15(28)12-10(21)4-2-8(6-19)14(12)17(25,26)27/h1-4H,5-6H2. The molecule has 11 heteroatoms. The van der Waals surface area contributed by atoms with Gasteiger partial charge < -0.3 is 0 Å². The van der Waals surface area contributed by atoms with Gasteiger partial charge in [0.2, 0.25) is 0 Å². The van der Waals surface area contributed by atoms with Crippen LogP contribution in [0.4, 0.5) is 26.3 Å². The molecular formula is C17H8Br2Cl2F6O. The van der Waals surface area contributed by atoms with Crippen LogP contribution in [0.2, 0.25) is 10.0 Å². The molecule has 0 aromatic heterocycles. The maximum absolute atomic E-state index is 13.6. The molecule has 0 unspecified atom stereocenters. The number of hydrogen-bond donors (Lipinski definition) is 0. The summed E-state index contributed by atoms with van der Waals surface area (Å²) in [5.41, 5.74) is -5.66. The summed E-state index contributed by atoms with van der Waals surface area (Å²) < 4.78 is 81.8. The quantitative estimate of drug-likeness (QED) is 0.206. The number of carbonyl (C=O) groups is 1. The monoisotopic (exact) mass is 570 g/mol. The van der Waals surface area contributed by atoms with E-state index in [1.807, 2.05) is 0 Å². The van der Waals surface area contributed by atoms with E-state index in [1.54, 1.807) is 0 Å². The number of alkyl halides is 8. The summed E-state index contributed by atoms with van der Waals surface area (Å²) in [6.45, 7) is 0. The highest BCUT2D eigenvalue weighted by atomic mass is 79.9. The lowest BCUT2D eigenvalue weighted by atomic mass is 9.90. The van der Waals surface area contributed by atoms with Crippen molar-refractivity contribution in [2.75, 3.05) is 0 Å². The van der Waals surface area contributed by atoms with E-state index in [2.05, 4.69) is 31.9 Å². The molecular weight excluding hydrogens is 565 g/mol. The van der Waals surface area contributed by atoms with E-state index in [-0.39, 0.29) is 21.8 Å². The Kier molecular flexibility index (Phi) is 7.17. The topological polar surface area (TPSA) is 17.1 Å². The van der Waals surface area contributed by atoms with Crippen molar-refractivity contribution < 1.29 is 31.1 Å². The zero-order valence-electron chi connectivity index (χ0n) is 13.4. The van der Waals surface area contributed by atoms with Crippen LogP contribution in [0.25, 0.3) is 0 Å². The molecule has 0 saturated carbocycles. The van der Waals surface area contributed by atoms with Crippen LogP contribution < -0.4 is 0 Å². The average Bonchev–Trinajstić information content (AvgIpc) is 2.58. The van der Waals surface area contributed by atoms with Gasteiger partial charge in [-0.15, -0.1) is 0 Å². The lowest BCUT2D eigenvalue weighted by molar-refractivity contribution is -0.138. The second-order valence-corrected chi connectivity index (χ2v) is 7.44. The van der Waals surface area contributed by atoms with Crippen molar-refractivity contribution in [2.24, 2.45) is 0 Å². The van der Waals surface area contributed by atoms with Crippen LogP contribution in [0.15, 0.2) is 24.3 Å². The highest BCUT2D eigenvalue weighted by molar-refractivity contribution is 9.08. The van der Waals surface area contributed by atoms with Crippen molar-refractivity contribution in [1.82, 2.24) is 0 Å². The molecule has 2 aromatic rings. The van der Waals surface area contributed by atoms with Gasteiger partial charge in [-0.2, -0.15) is 26.3 Å². The number of hydrogen-bond acceptors (Lipinski definition) is 1. The Labute approximate surface area is 182 Å². The van der Waals surface area contributed by atoms with Gasteiger partial charge in [0.15, 0.2) is 5.78 Å². The summed E-state index contributed by atoms with van der Waals surface area (Å²) in [7, 11) is 0. The summed E-state index contributed by atoms with van der Waals surface area (Å²) in [6, 6.07) is 4.13. The van der Waals surface area contributed by atoms with Crippen LogP contribution in [0.1, 0.15) is 38.2 Å². The maximum Gasteiger partial charge on any atom is 0.417 e. The van der Waals surface area contributed by atoms with Crippen LogP contribution in [-0.4, -0.2) is 5.78 Å². The molecule has 0 radical (unpaired) electrons. The Bertz CT molecular complexity index is 852. The first-order valence-electron chi connectivity index (χ1n) is 7.28. The predicted octanol–water partition coefficient (Wildman–Crippen LogP) is 8.05. The number of carbonyl (C=O) groups excluding carboxylic acids is 1. The van der Waals surface area contributed by atoms with E-state index in [9.17, 15) is 31.1 Å². The Hall–Kier alpha value is -0.770. The third-order valence-electron chi connectivity index (χ3n) is 3.79. The molecule has 2 rings (SSSR count). The van der Waals surface area contributed by atoms with E-state index in [4.69, 9.17) is 23.2 Å². The van der Waals surface area contributed by atoms with Crippen LogP contribution in [0.3, 0.4) is 0 Å². The molecule has 2 aromatic carbocycles. The van der Waals surface area contributed by atoms with E-state index in [0.29, 0.717) is 0 Å². The van der Waals surface area contributed by atoms with Crippen LogP contribution in [0, 0.1) is 0 Å². The average molecular weight is 573 g/mol.